The van der Waals surface area contributed by atoms with Crippen molar-refractivity contribution in [3.05, 3.63) is 59.9 Å². The minimum atomic E-state index is -0.226. The van der Waals surface area contributed by atoms with Crippen LogP contribution in [0.3, 0.4) is 0 Å². The van der Waals surface area contributed by atoms with Gasteiger partial charge in [0.15, 0.2) is 0 Å². The SMILES string of the molecule is COc1ccc(CCC(=O)N2CCN(c3ccc(F)cc3)CC2)cc1. The molecule has 5 heteroatoms. The van der Waals surface area contributed by atoms with E-state index < -0.39 is 0 Å². The predicted molar refractivity (Wildman–Crippen MR) is 96.5 cm³/mol. The number of nitrogens with zero attached hydrogens (tertiary/aromatic N) is 2. The number of rotatable bonds is 5. The number of methoxy groups -OCH3 is 1. The van der Waals surface area contributed by atoms with E-state index in [2.05, 4.69) is 4.90 Å². The second kappa shape index (κ2) is 8.01. The van der Waals surface area contributed by atoms with Gasteiger partial charge in [0.05, 0.1) is 7.11 Å². The Morgan fingerprint density at radius 2 is 1.64 bits per heavy atom. The maximum Gasteiger partial charge on any atom is 0.223 e. The number of halogens is 1. The molecule has 0 bridgehead atoms. The molecule has 1 amide bonds. The molecule has 0 unspecified atom stereocenters. The van der Waals surface area contributed by atoms with Gasteiger partial charge in [0, 0.05) is 38.3 Å². The lowest BCUT2D eigenvalue weighted by molar-refractivity contribution is -0.131. The Balaban J connectivity index is 1.47. The van der Waals surface area contributed by atoms with Gasteiger partial charge in [-0.2, -0.15) is 0 Å². The summed E-state index contributed by atoms with van der Waals surface area (Å²) in [5.74, 6) is 0.790. The standard InChI is InChI=1S/C20H23FN2O2/c1-25-19-9-2-16(3-10-19)4-11-20(24)23-14-12-22(13-15-23)18-7-5-17(21)6-8-18/h2-3,5-10H,4,11-15H2,1H3. The summed E-state index contributed by atoms with van der Waals surface area (Å²) < 4.78 is 18.2. The van der Waals surface area contributed by atoms with Gasteiger partial charge in [0.2, 0.25) is 5.91 Å². The van der Waals surface area contributed by atoms with E-state index in [0.717, 1.165) is 36.5 Å². The molecule has 2 aromatic rings. The van der Waals surface area contributed by atoms with Crippen LogP contribution in [0, 0.1) is 5.82 Å². The number of hydrogen-bond donors (Lipinski definition) is 0. The Labute approximate surface area is 147 Å². The lowest BCUT2D eigenvalue weighted by atomic mass is 10.1. The number of hydrogen-bond acceptors (Lipinski definition) is 3. The van der Waals surface area contributed by atoms with Crippen LogP contribution in [0.15, 0.2) is 48.5 Å². The average molecular weight is 342 g/mol. The molecule has 1 heterocycles. The molecule has 1 saturated heterocycles. The third kappa shape index (κ3) is 4.50. The largest absolute Gasteiger partial charge is 0.497 e. The van der Waals surface area contributed by atoms with Gasteiger partial charge in [0.25, 0.3) is 0 Å². The van der Waals surface area contributed by atoms with E-state index in [1.807, 2.05) is 29.2 Å². The second-order valence-corrected chi connectivity index (χ2v) is 6.19. The molecule has 0 saturated carbocycles. The summed E-state index contributed by atoms with van der Waals surface area (Å²) in [5.41, 5.74) is 2.14. The summed E-state index contributed by atoms with van der Waals surface area (Å²) in [7, 11) is 1.64. The number of anilines is 1. The Morgan fingerprint density at radius 1 is 1.00 bits per heavy atom. The van der Waals surface area contributed by atoms with Crippen LogP contribution < -0.4 is 9.64 Å². The van der Waals surface area contributed by atoms with Crippen LogP contribution >= 0.6 is 0 Å². The van der Waals surface area contributed by atoms with Gasteiger partial charge in [-0.1, -0.05) is 12.1 Å². The van der Waals surface area contributed by atoms with Gasteiger partial charge in [-0.05, 0) is 48.4 Å². The number of ether oxygens (including phenoxy) is 1. The number of piperazine rings is 1. The molecule has 0 atom stereocenters. The molecule has 0 spiro atoms. The highest BCUT2D eigenvalue weighted by Gasteiger charge is 2.21. The van der Waals surface area contributed by atoms with Crippen molar-refractivity contribution in [3.63, 3.8) is 0 Å². The summed E-state index contributed by atoms with van der Waals surface area (Å²) in [6.45, 7) is 2.97. The zero-order chi connectivity index (χ0) is 17.6. The molecule has 0 radical (unpaired) electrons. The van der Waals surface area contributed by atoms with Crippen molar-refractivity contribution >= 4 is 11.6 Å². The molecular weight excluding hydrogens is 319 g/mol. The van der Waals surface area contributed by atoms with Crippen LogP contribution in [-0.2, 0) is 11.2 Å². The fourth-order valence-electron chi connectivity index (χ4n) is 3.07. The molecule has 132 valence electrons. The zero-order valence-electron chi connectivity index (χ0n) is 14.5. The van der Waals surface area contributed by atoms with Crippen LogP contribution in [0.4, 0.5) is 10.1 Å². The fourth-order valence-corrected chi connectivity index (χ4v) is 3.07. The Hall–Kier alpha value is -2.56. The van der Waals surface area contributed by atoms with Crippen LogP contribution in [0.25, 0.3) is 0 Å². The third-order valence-corrected chi connectivity index (χ3v) is 4.61. The molecule has 0 aromatic heterocycles. The number of aryl methyl sites for hydroxylation is 1. The van der Waals surface area contributed by atoms with E-state index in [-0.39, 0.29) is 11.7 Å². The van der Waals surface area contributed by atoms with Crippen molar-refractivity contribution in [1.82, 2.24) is 4.90 Å². The Kier molecular flexibility index (Phi) is 5.53. The summed E-state index contributed by atoms with van der Waals surface area (Å²) in [6, 6.07) is 14.4. The fraction of sp³-hybridized carbons (Fsp3) is 0.350. The molecule has 3 rings (SSSR count). The first-order valence-corrected chi connectivity index (χ1v) is 8.57. The highest BCUT2D eigenvalue weighted by Crippen LogP contribution is 2.18. The van der Waals surface area contributed by atoms with E-state index in [1.54, 1.807) is 19.2 Å². The van der Waals surface area contributed by atoms with E-state index in [1.165, 1.54) is 12.1 Å². The predicted octanol–water partition coefficient (Wildman–Crippen LogP) is 3.12. The van der Waals surface area contributed by atoms with Crippen molar-refractivity contribution in [1.29, 1.82) is 0 Å². The Morgan fingerprint density at radius 3 is 2.24 bits per heavy atom. The van der Waals surface area contributed by atoms with Gasteiger partial charge in [0.1, 0.15) is 11.6 Å². The molecule has 1 aliphatic rings. The van der Waals surface area contributed by atoms with Crippen LogP contribution in [0.2, 0.25) is 0 Å². The molecule has 25 heavy (non-hydrogen) atoms. The highest BCUT2D eigenvalue weighted by atomic mass is 19.1. The maximum atomic E-state index is 13.0. The monoisotopic (exact) mass is 342 g/mol. The number of amides is 1. The van der Waals surface area contributed by atoms with Crippen LogP contribution in [0.1, 0.15) is 12.0 Å². The van der Waals surface area contributed by atoms with Crippen molar-refractivity contribution < 1.29 is 13.9 Å². The average Bonchev–Trinajstić information content (AvgIpc) is 2.67. The van der Waals surface area contributed by atoms with Gasteiger partial charge in [-0.3, -0.25) is 4.79 Å². The first-order chi connectivity index (χ1) is 12.2. The van der Waals surface area contributed by atoms with E-state index in [4.69, 9.17) is 4.74 Å². The first kappa shape index (κ1) is 17.3. The molecule has 1 fully saturated rings. The van der Waals surface area contributed by atoms with Gasteiger partial charge in [-0.15, -0.1) is 0 Å². The highest BCUT2D eigenvalue weighted by molar-refractivity contribution is 5.76. The van der Waals surface area contributed by atoms with Gasteiger partial charge < -0.3 is 14.5 Å². The third-order valence-electron chi connectivity index (χ3n) is 4.61. The molecule has 0 aliphatic carbocycles. The number of benzene rings is 2. The minimum Gasteiger partial charge on any atom is -0.497 e. The van der Waals surface area contributed by atoms with Crippen molar-refractivity contribution in [2.75, 3.05) is 38.2 Å². The van der Waals surface area contributed by atoms with Crippen LogP contribution in [0.5, 0.6) is 5.75 Å². The summed E-state index contributed by atoms with van der Waals surface area (Å²) in [4.78, 5) is 16.5. The second-order valence-electron chi connectivity index (χ2n) is 6.19. The van der Waals surface area contributed by atoms with Crippen molar-refractivity contribution in [3.8, 4) is 5.75 Å². The maximum absolute atomic E-state index is 13.0. The lowest BCUT2D eigenvalue weighted by Gasteiger charge is -2.36. The minimum absolute atomic E-state index is 0.189. The number of carbonyl (C=O) groups is 1. The van der Waals surface area contributed by atoms with Crippen LogP contribution in [-0.4, -0.2) is 44.1 Å². The normalized spacial score (nSPS) is 14.5. The lowest BCUT2D eigenvalue weighted by Crippen LogP contribution is -2.48. The van der Waals surface area contributed by atoms with Gasteiger partial charge >= 0.3 is 0 Å². The van der Waals surface area contributed by atoms with Crippen molar-refractivity contribution in [2.45, 2.75) is 12.8 Å². The molecule has 4 nitrogen and oxygen atoms in total. The van der Waals surface area contributed by atoms with E-state index >= 15 is 0 Å². The molecule has 1 aliphatic heterocycles. The summed E-state index contributed by atoms with van der Waals surface area (Å²) >= 11 is 0. The smallest absolute Gasteiger partial charge is 0.223 e. The Bertz CT molecular complexity index is 693. The molecule has 2 aromatic carbocycles. The number of carbonyl (C=O) groups excluding carboxylic acids is 1. The molecular formula is C20H23FN2O2. The quantitative estimate of drug-likeness (QED) is 0.837. The van der Waals surface area contributed by atoms with Gasteiger partial charge in [-0.25, -0.2) is 4.39 Å². The van der Waals surface area contributed by atoms with Crippen molar-refractivity contribution in [2.24, 2.45) is 0 Å². The van der Waals surface area contributed by atoms with E-state index in [9.17, 15) is 9.18 Å². The zero-order valence-corrected chi connectivity index (χ0v) is 14.5. The van der Waals surface area contributed by atoms with E-state index in [0.29, 0.717) is 19.5 Å². The first-order valence-electron chi connectivity index (χ1n) is 8.57. The topological polar surface area (TPSA) is 32.8 Å². The molecule has 0 N–H and O–H groups in total. The summed E-state index contributed by atoms with van der Waals surface area (Å²) in [6.07, 6.45) is 1.25. The summed E-state index contributed by atoms with van der Waals surface area (Å²) in [5, 5.41) is 0.